The monoisotopic (exact) mass is 311 g/mol. The molecule has 0 aliphatic heterocycles. The van der Waals surface area contributed by atoms with E-state index in [1.165, 1.54) is 0 Å². The lowest BCUT2D eigenvalue weighted by molar-refractivity contribution is -0.127. The van der Waals surface area contributed by atoms with Crippen molar-refractivity contribution in [3.63, 3.8) is 0 Å². The number of halogens is 1. The second kappa shape index (κ2) is 7.14. The van der Waals surface area contributed by atoms with Crippen molar-refractivity contribution in [1.82, 2.24) is 10.2 Å². The van der Waals surface area contributed by atoms with Crippen molar-refractivity contribution >= 4 is 23.2 Å². The van der Waals surface area contributed by atoms with Gasteiger partial charge in [-0.25, -0.2) is 0 Å². The van der Waals surface area contributed by atoms with Crippen LogP contribution in [-0.2, 0) is 11.3 Å². The van der Waals surface area contributed by atoms with Crippen molar-refractivity contribution in [3.05, 3.63) is 28.8 Å². The van der Waals surface area contributed by atoms with E-state index in [0.29, 0.717) is 11.6 Å². The molecule has 1 rings (SSSR count). The Kier molecular flexibility index (Phi) is 6.05. The van der Waals surface area contributed by atoms with E-state index in [2.05, 4.69) is 26.1 Å². The average molecular weight is 312 g/mol. The van der Waals surface area contributed by atoms with Gasteiger partial charge in [0.1, 0.15) is 0 Å². The summed E-state index contributed by atoms with van der Waals surface area (Å²) in [6.07, 6.45) is 0. The number of benzene rings is 1. The van der Waals surface area contributed by atoms with Gasteiger partial charge in [0.05, 0.1) is 6.54 Å². The number of carbonyl (C=O) groups is 1. The van der Waals surface area contributed by atoms with Crippen molar-refractivity contribution in [1.29, 1.82) is 0 Å². The van der Waals surface area contributed by atoms with E-state index in [1.807, 2.05) is 30.1 Å². The summed E-state index contributed by atoms with van der Waals surface area (Å²) in [6.45, 7) is 7.42. The summed E-state index contributed by atoms with van der Waals surface area (Å²) < 4.78 is 0. The van der Waals surface area contributed by atoms with Gasteiger partial charge >= 0.3 is 0 Å². The number of hydrogen-bond acceptors (Lipinski definition) is 3. The zero-order valence-electron chi connectivity index (χ0n) is 13.8. The van der Waals surface area contributed by atoms with Crippen molar-refractivity contribution in [2.24, 2.45) is 0 Å². The molecule has 4 nitrogen and oxygen atoms in total. The normalized spacial score (nSPS) is 11.4. The van der Waals surface area contributed by atoms with E-state index in [-0.39, 0.29) is 11.4 Å². The molecular formula is C16H26ClN3O. The number of hydrogen-bond donors (Lipinski definition) is 1. The van der Waals surface area contributed by atoms with Gasteiger partial charge in [0.15, 0.2) is 0 Å². The fourth-order valence-electron chi connectivity index (χ4n) is 1.71. The number of carbonyl (C=O) groups excluding carboxylic acids is 1. The molecule has 0 radical (unpaired) electrons. The molecule has 0 aromatic heterocycles. The Morgan fingerprint density at radius 2 is 1.86 bits per heavy atom. The molecule has 0 bridgehead atoms. The molecule has 0 aliphatic carbocycles. The molecule has 0 fully saturated rings. The molecule has 0 saturated carbocycles. The van der Waals surface area contributed by atoms with Crippen LogP contribution in [0.15, 0.2) is 18.2 Å². The van der Waals surface area contributed by atoms with E-state index in [1.54, 1.807) is 19.0 Å². The number of nitrogens with one attached hydrogen (secondary N) is 1. The summed E-state index contributed by atoms with van der Waals surface area (Å²) in [7, 11) is 5.40. The summed E-state index contributed by atoms with van der Waals surface area (Å²) in [6, 6.07) is 5.91. The standard InChI is InChI=1S/C16H26ClN3O/c1-16(2,3)18-10-12-7-8-13(9-14(12)17)20(6)11-15(21)19(4)5/h7-9,18H,10-11H2,1-6H3. The predicted octanol–water partition coefficient (Wildman–Crippen LogP) is 2.75. The molecule has 0 unspecified atom stereocenters. The molecule has 0 atom stereocenters. The van der Waals surface area contributed by atoms with Gasteiger partial charge in [-0.15, -0.1) is 0 Å². The summed E-state index contributed by atoms with van der Waals surface area (Å²) in [5.74, 6) is 0.0621. The van der Waals surface area contributed by atoms with Crippen LogP contribution in [0, 0.1) is 0 Å². The molecule has 21 heavy (non-hydrogen) atoms. The molecule has 1 aromatic carbocycles. The van der Waals surface area contributed by atoms with Crippen LogP contribution in [0.5, 0.6) is 0 Å². The highest BCUT2D eigenvalue weighted by molar-refractivity contribution is 6.31. The van der Waals surface area contributed by atoms with Gasteiger partial charge in [0, 0.05) is 43.9 Å². The van der Waals surface area contributed by atoms with Gasteiger partial charge in [0.2, 0.25) is 5.91 Å². The van der Waals surface area contributed by atoms with Crippen molar-refractivity contribution in [3.8, 4) is 0 Å². The number of likely N-dealkylation sites (N-methyl/N-ethyl adjacent to an activating group) is 2. The highest BCUT2D eigenvalue weighted by Crippen LogP contribution is 2.23. The second-order valence-corrected chi connectivity index (χ2v) is 6.93. The smallest absolute Gasteiger partial charge is 0.241 e. The van der Waals surface area contributed by atoms with Crippen LogP contribution in [0.4, 0.5) is 5.69 Å². The van der Waals surface area contributed by atoms with Gasteiger partial charge in [-0.05, 0) is 38.5 Å². The Balaban J connectivity index is 2.75. The molecule has 1 N–H and O–H groups in total. The molecular weight excluding hydrogens is 286 g/mol. The summed E-state index contributed by atoms with van der Waals surface area (Å²) in [5, 5.41) is 4.13. The largest absolute Gasteiger partial charge is 0.365 e. The van der Waals surface area contributed by atoms with Crippen LogP contribution in [0.2, 0.25) is 5.02 Å². The van der Waals surface area contributed by atoms with Crippen molar-refractivity contribution in [2.75, 3.05) is 32.6 Å². The first-order valence-electron chi connectivity index (χ1n) is 7.05. The Morgan fingerprint density at radius 1 is 1.24 bits per heavy atom. The number of rotatable bonds is 5. The summed E-state index contributed by atoms with van der Waals surface area (Å²) >= 11 is 6.34. The minimum absolute atomic E-state index is 0.0525. The molecule has 0 aliphatic rings. The molecule has 1 amide bonds. The lowest BCUT2D eigenvalue weighted by atomic mass is 10.1. The van der Waals surface area contributed by atoms with E-state index < -0.39 is 0 Å². The first-order valence-corrected chi connectivity index (χ1v) is 7.42. The lowest BCUT2D eigenvalue weighted by Gasteiger charge is -2.23. The average Bonchev–Trinajstić information content (AvgIpc) is 2.35. The molecule has 1 aromatic rings. The van der Waals surface area contributed by atoms with Gasteiger partial charge in [-0.3, -0.25) is 4.79 Å². The van der Waals surface area contributed by atoms with Crippen LogP contribution >= 0.6 is 11.6 Å². The SMILES string of the molecule is CN(C)C(=O)CN(C)c1ccc(CNC(C)(C)C)c(Cl)c1. The van der Waals surface area contributed by atoms with E-state index >= 15 is 0 Å². The fourth-order valence-corrected chi connectivity index (χ4v) is 1.95. The highest BCUT2D eigenvalue weighted by atomic mass is 35.5. The molecule has 118 valence electrons. The Hall–Kier alpha value is -1.26. The third-order valence-corrected chi connectivity index (χ3v) is 3.51. The number of anilines is 1. The maximum absolute atomic E-state index is 11.7. The third kappa shape index (κ3) is 5.94. The molecule has 5 heteroatoms. The van der Waals surface area contributed by atoms with E-state index in [4.69, 9.17) is 11.6 Å². The molecule has 0 spiro atoms. The Bertz CT molecular complexity index is 495. The van der Waals surface area contributed by atoms with Crippen LogP contribution in [0.3, 0.4) is 0 Å². The van der Waals surface area contributed by atoms with Gasteiger partial charge in [-0.2, -0.15) is 0 Å². The van der Waals surface area contributed by atoms with Crippen LogP contribution in [-0.4, -0.2) is 44.0 Å². The summed E-state index contributed by atoms with van der Waals surface area (Å²) in [5.41, 5.74) is 2.05. The van der Waals surface area contributed by atoms with Crippen molar-refractivity contribution in [2.45, 2.75) is 32.9 Å². The fraction of sp³-hybridized carbons (Fsp3) is 0.562. The minimum Gasteiger partial charge on any atom is -0.365 e. The maximum Gasteiger partial charge on any atom is 0.241 e. The quantitative estimate of drug-likeness (QED) is 0.908. The topological polar surface area (TPSA) is 35.6 Å². The van der Waals surface area contributed by atoms with Gasteiger partial charge < -0.3 is 15.1 Å². The zero-order chi connectivity index (χ0) is 16.2. The van der Waals surface area contributed by atoms with E-state index in [9.17, 15) is 4.79 Å². The first-order chi connectivity index (χ1) is 9.60. The molecule has 0 heterocycles. The molecule has 0 saturated heterocycles. The van der Waals surface area contributed by atoms with Crippen LogP contribution in [0.25, 0.3) is 0 Å². The summed E-state index contributed by atoms with van der Waals surface area (Å²) in [4.78, 5) is 15.2. The lowest BCUT2D eigenvalue weighted by Crippen LogP contribution is -2.35. The number of amides is 1. The van der Waals surface area contributed by atoms with Crippen molar-refractivity contribution < 1.29 is 4.79 Å². The van der Waals surface area contributed by atoms with E-state index in [0.717, 1.165) is 17.8 Å². The van der Waals surface area contributed by atoms with Gasteiger partial charge in [-0.1, -0.05) is 17.7 Å². The highest BCUT2D eigenvalue weighted by Gasteiger charge is 2.13. The predicted molar refractivity (Wildman–Crippen MR) is 90.0 cm³/mol. The first kappa shape index (κ1) is 17.8. The second-order valence-electron chi connectivity index (χ2n) is 6.52. The zero-order valence-corrected chi connectivity index (χ0v) is 14.6. The van der Waals surface area contributed by atoms with Gasteiger partial charge in [0.25, 0.3) is 0 Å². The van der Waals surface area contributed by atoms with Crippen LogP contribution < -0.4 is 10.2 Å². The Morgan fingerprint density at radius 3 is 2.33 bits per heavy atom. The minimum atomic E-state index is 0.0525. The maximum atomic E-state index is 11.7. The Labute approximate surface area is 133 Å². The van der Waals surface area contributed by atoms with Crippen LogP contribution in [0.1, 0.15) is 26.3 Å². The third-order valence-electron chi connectivity index (χ3n) is 3.16. The number of nitrogens with zero attached hydrogens (tertiary/aromatic N) is 2.